The van der Waals surface area contributed by atoms with Crippen LogP contribution in [0.5, 0.6) is 0 Å². The van der Waals surface area contributed by atoms with E-state index in [9.17, 15) is 4.79 Å². The third kappa shape index (κ3) is 4.30. The number of hydrogen-bond donors (Lipinski definition) is 0. The van der Waals surface area contributed by atoms with Gasteiger partial charge in [-0.1, -0.05) is 65.4 Å². The van der Waals surface area contributed by atoms with Crippen molar-refractivity contribution in [2.75, 3.05) is 0 Å². The van der Waals surface area contributed by atoms with Gasteiger partial charge in [0.1, 0.15) is 5.52 Å². The van der Waals surface area contributed by atoms with Crippen LogP contribution in [0, 0.1) is 27.7 Å². The average molecular weight is 433 g/mol. The lowest BCUT2D eigenvalue weighted by Gasteiger charge is -2.14. The van der Waals surface area contributed by atoms with Crippen molar-refractivity contribution in [3.05, 3.63) is 86.3 Å². The molecule has 0 bridgehead atoms. The molecular weight excluding hydrogens is 404 g/mol. The second-order valence-corrected chi connectivity index (χ2v) is 9.03. The molecule has 2 heterocycles. The largest absolute Gasteiger partial charge is 0.281 e. The Kier molecular flexibility index (Phi) is 6.01. The minimum atomic E-state index is -0.0310. The Morgan fingerprint density at radius 1 is 0.968 bits per heavy atom. The Labute approximate surface area is 187 Å². The van der Waals surface area contributed by atoms with Crippen LogP contribution in [0.2, 0.25) is 0 Å². The number of rotatable bonds is 6. The fourth-order valence-electron chi connectivity index (χ4n) is 3.74. The summed E-state index contributed by atoms with van der Waals surface area (Å²) < 4.78 is 3.57. The molecule has 2 aromatic heterocycles. The van der Waals surface area contributed by atoms with Crippen LogP contribution >= 0.6 is 11.8 Å². The second kappa shape index (κ2) is 8.71. The molecule has 0 spiro atoms. The normalized spacial score (nSPS) is 11.4. The maximum absolute atomic E-state index is 13.6. The van der Waals surface area contributed by atoms with Gasteiger partial charge < -0.3 is 0 Å². The fraction of sp³-hybridized carbons (Fsp3) is 0.320. The van der Waals surface area contributed by atoms with E-state index < -0.39 is 0 Å². The summed E-state index contributed by atoms with van der Waals surface area (Å²) in [5.74, 6) is 0.764. The van der Waals surface area contributed by atoms with E-state index in [1.807, 2.05) is 13.8 Å². The zero-order chi connectivity index (χ0) is 22.1. The third-order valence-electron chi connectivity index (χ3n) is 5.60. The molecule has 4 rings (SSSR count). The van der Waals surface area contributed by atoms with Crippen LogP contribution in [0.3, 0.4) is 0 Å². The number of benzene rings is 2. The van der Waals surface area contributed by atoms with E-state index in [1.54, 1.807) is 21.0 Å². The fourth-order valence-corrected chi connectivity index (χ4v) is 4.80. The lowest BCUT2D eigenvalue weighted by atomic mass is 10.1. The number of aryl methyl sites for hydroxylation is 5. The van der Waals surface area contributed by atoms with Gasteiger partial charge >= 0.3 is 0 Å². The molecule has 6 heteroatoms. The molecule has 0 saturated carbocycles. The number of fused-ring (bicyclic) bond motifs is 1. The Morgan fingerprint density at radius 2 is 1.68 bits per heavy atom. The van der Waals surface area contributed by atoms with E-state index >= 15 is 0 Å². The van der Waals surface area contributed by atoms with Crippen molar-refractivity contribution in [3.63, 3.8) is 0 Å². The summed E-state index contributed by atoms with van der Waals surface area (Å²) >= 11 is 1.61. The number of nitrogens with zero attached hydrogens (tertiary/aromatic N) is 4. The molecule has 0 amide bonds. The molecule has 2 aromatic carbocycles. The Morgan fingerprint density at radius 3 is 2.39 bits per heavy atom. The highest BCUT2D eigenvalue weighted by atomic mass is 32.2. The Balaban J connectivity index is 1.81. The SMILES string of the molecule is CCn1nc(C)c2nc(SCc3cc(C)ccc3C)n(Cc3ccc(C)cc3)c(=O)c21. The molecule has 0 fully saturated rings. The van der Waals surface area contributed by atoms with Gasteiger partial charge in [-0.15, -0.1) is 0 Å². The lowest BCUT2D eigenvalue weighted by Crippen LogP contribution is -2.25. The first-order valence-corrected chi connectivity index (χ1v) is 11.6. The highest BCUT2D eigenvalue weighted by Crippen LogP contribution is 2.26. The second-order valence-electron chi connectivity index (χ2n) is 8.09. The summed E-state index contributed by atoms with van der Waals surface area (Å²) in [4.78, 5) is 18.5. The zero-order valence-corrected chi connectivity index (χ0v) is 19.6. The molecule has 0 unspecified atom stereocenters. The van der Waals surface area contributed by atoms with Gasteiger partial charge in [0.15, 0.2) is 10.7 Å². The topological polar surface area (TPSA) is 52.7 Å². The van der Waals surface area contributed by atoms with Crippen molar-refractivity contribution in [2.24, 2.45) is 0 Å². The van der Waals surface area contributed by atoms with E-state index in [1.165, 1.54) is 22.3 Å². The van der Waals surface area contributed by atoms with Gasteiger partial charge in [-0.05, 0) is 51.3 Å². The molecule has 0 aliphatic carbocycles. The highest BCUT2D eigenvalue weighted by Gasteiger charge is 2.18. The van der Waals surface area contributed by atoms with Gasteiger partial charge in [0, 0.05) is 12.3 Å². The predicted molar refractivity (Wildman–Crippen MR) is 128 cm³/mol. The van der Waals surface area contributed by atoms with Gasteiger partial charge in [0.25, 0.3) is 5.56 Å². The summed E-state index contributed by atoms with van der Waals surface area (Å²) in [5, 5.41) is 5.28. The van der Waals surface area contributed by atoms with Crippen LogP contribution in [0.25, 0.3) is 11.0 Å². The summed E-state index contributed by atoms with van der Waals surface area (Å²) in [6.07, 6.45) is 0. The third-order valence-corrected chi connectivity index (χ3v) is 6.63. The lowest BCUT2D eigenvalue weighted by molar-refractivity contribution is 0.636. The Hall–Kier alpha value is -2.86. The Bertz CT molecular complexity index is 1300. The molecule has 160 valence electrons. The first kappa shape index (κ1) is 21.4. The van der Waals surface area contributed by atoms with Crippen LogP contribution in [-0.4, -0.2) is 19.3 Å². The first-order chi connectivity index (χ1) is 14.9. The van der Waals surface area contributed by atoms with Gasteiger partial charge in [-0.25, -0.2) is 4.98 Å². The van der Waals surface area contributed by atoms with Crippen LogP contribution in [0.4, 0.5) is 0 Å². The summed E-state index contributed by atoms with van der Waals surface area (Å²) in [6, 6.07) is 14.8. The molecular formula is C25H28N4OS. The minimum absolute atomic E-state index is 0.0310. The van der Waals surface area contributed by atoms with Crippen molar-refractivity contribution in [3.8, 4) is 0 Å². The van der Waals surface area contributed by atoms with E-state index in [0.29, 0.717) is 24.1 Å². The molecule has 5 nitrogen and oxygen atoms in total. The molecule has 0 aliphatic heterocycles. The molecule has 0 aliphatic rings. The summed E-state index contributed by atoms with van der Waals surface area (Å²) in [5.41, 5.74) is 8.10. The van der Waals surface area contributed by atoms with Crippen LogP contribution in [0.15, 0.2) is 52.4 Å². The maximum Gasteiger partial charge on any atom is 0.280 e. The highest BCUT2D eigenvalue weighted by molar-refractivity contribution is 7.98. The van der Waals surface area contributed by atoms with E-state index in [0.717, 1.165) is 22.2 Å². The molecule has 0 atom stereocenters. The molecule has 0 radical (unpaired) electrons. The maximum atomic E-state index is 13.6. The van der Waals surface area contributed by atoms with E-state index in [2.05, 4.69) is 68.3 Å². The number of thioether (sulfide) groups is 1. The zero-order valence-electron chi connectivity index (χ0n) is 18.8. The molecule has 4 aromatic rings. The smallest absolute Gasteiger partial charge is 0.280 e. The standard InChI is InChI=1S/C25H28N4OS/c1-6-29-23-22(19(5)27-29)26-25(31-15-21-13-17(3)7-10-18(21)4)28(24(23)30)14-20-11-8-16(2)9-12-20/h7-13H,6,14-15H2,1-5H3. The number of aromatic nitrogens is 4. The van der Waals surface area contributed by atoms with Crippen molar-refractivity contribution in [1.82, 2.24) is 19.3 Å². The van der Waals surface area contributed by atoms with Crippen molar-refractivity contribution in [1.29, 1.82) is 0 Å². The van der Waals surface area contributed by atoms with Gasteiger partial charge in [-0.2, -0.15) is 5.10 Å². The first-order valence-electron chi connectivity index (χ1n) is 10.6. The monoisotopic (exact) mass is 432 g/mol. The molecule has 31 heavy (non-hydrogen) atoms. The van der Waals surface area contributed by atoms with Crippen molar-refractivity contribution in [2.45, 2.75) is 58.6 Å². The average Bonchev–Trinajstić information content (AvgIpc) is 3.08. The minimum Gasteiger partial charge on any atom is -0.281 e. The molecule has 0 N–H and O–H groups in total. The number of hydrogen-bond acceptors (Lipinski definition) is 4. The van der Waals surface area contributed by atoms with Crippen LogP contribution < -0.4 is 5.56 Å². The quantitative estimate of drug-likeness (QED) is 0.311. The molecule has 0 saturated heterocycles. The van der Waals surface area contributed by atoms with Crippen LogP contribution in [-0.2, 0) is 18.8 Å². The summed E-state index contributed by atoms with van der Waals surface area (Å²) in [7, 11) is 0. The predicted octanol–water partition coefficient (Wildman–Crippen LogP) is 5.19. The van der Waals surface area contributed by atoms with Gasteiger partial charge in [0.2, 0.25) is 0 Å². The summed E-state index contributed by atoms with van der Waals surface area (Å²) in [6.45, 7) is 11.3. The van der Waals surface area contributed by atoms with Crippen molar-refractivity contribution >= 4 is 22.8 Å². The van der Waals surface area contributed by atoms with E-state index in [-0.39, 0.29) is 5.56 Å². The van der Waals surface area contributed by atoms with Gasteiger partial charge in [-0.3, -0.25) is 14.0 Å². The van der Waals surface area contributed by atoms with Crippen molar-refractivity contribution < 1.29 is 0 Å². The van der Waals surface area contributed by atoms with E-state index in [4.69, 9.17) is 4.98 Å². The van der Waals surface area contributed by atoms with Gasteiger partial charge in [0.05, 0.1) is 12.2 Å². The van der Waals surface area contributed by atoms with Crippen LogP contribution in [0.1, 0.15) is 40.4 Å².